The fourth-order valence-corrected chi connectivity index (χ4v) is 3.88. The van der Waals surface area contributed by atoms with E-state index in [1.807, 2.05) is 19.1 Å². The number of nitrogens with zero attached hydrogens (tertiary/aromatic N) is 2. The maximum absolute atomic E-state index is 13.2. The Kier molecular flexibility index (Phi) is 7.87. The molecule has 0 spiro atoms. The summed E-state index contributed by atoms with van der Waals surface area (Å²) in [6, 6.07) is 14.4. The molecule has 1 heterocycles. The van der Waals surface area contributed by atoms with Gasteiger partial charge in [-0.05, 0) is 55.2 Å². The van der Waals surface area contributed by atoms with E-state index in [9.17, 15) is 9.18 Å². The first-order chi connectivity index (χ1) is 15.0. The number of guanidine groups is 1. The summed E-state index contributed by atoms with van der Waals surface area (Å²) in [6.45, 7) is 4.80. The van der Waals surface area contributed by atoms with E-state index in [2.05, 4.69) is 22.3 Å². The van der Waals surface area contributed by atoms with Gasteiger partial charge < -0.3 is 20.7 Å². The van der Waals surface area contributed by atoms with Crippen molar-refractivity contribution in [3.8, 4) is 5.75 Å². The van der Waals surface area contributed by atoms with Crippen LogP contribution in [-0.4, -0.2) is 50.1 Å². The molecule has 1 fully saturated rings. The number of aliphatic imine (C=N–C) groups is 1. The molecule has 0 saturated carbocycles. The second-order valence-corrected chi connectivity index (χ2v) is 7.83. The zero-order valence-corrected chi connectivity index (χ0v) is 18.2. The lowest BCUT2D eigenvalue weighted by Crippen LogP contribution is -2.41. The highest BCUT2D eigenvalue weighted by atomic mass is 19.1. The summed E-state index contributed by atoms with van der Waals surface area (Å²) >= 11 is 0. The predicted molar refractivity (Wildman–Crippen MR) is 121 cm³/mol. The van der Waals surface area contributed by atoms with E-state index < -0.39 is 11.8 Å². The van der Waals surface area contributed by atoms with Crippen LogP contribution in [0.3, 0.4) is 0 Å². The highest BCUT2D eigenvalue weighted by Crippen LogP contribution is 2.28. The molecule has 2 aromatic rings. The summed E-state index contributed by atoms with van der Waals surface area (Å²) in [5.74, 6) is 0.921. The van der Waals surface area contributed by atoms with Gasteiger partial charge >= 0.3 is 0 Å². The van der Waals surface area contributed by atoms with Crippen molar-refractivity contribution in [1.82, 2.24) is 10.2 Å². The van der Waals surface area contributed by atoms with Gasteiger partial charge in [-0.1, -0.05) is 24.3 Å². The molecule has 1 aliphatic heterocycles. The van der Waals surface area contributed by atoms with Crippen LogP contribution in [0, 0.1) is 11.7 Å². The number of nitrogens with one attached hydrogen (secondary N) is 1. The molecule has 3 rings (SSSR count). The molecule has 0 aliphatic carbocycles. The number of hydrogen-bond acceptors (Lipinski definition) is 3. The van der Waals surface area contributed by atoms with Crippen molar-refractivity contribution in [1.29, 1.82) is 0 Å². The first-order valence-electron chi connectivity index (χ1n) is 10.7. The average molecular weight is 427 g/mol. The van der Waals surface area contributed by atoms with Gasteiger partial charge in [0.25, 0.3) is 0 Å². The number of benzene rings is 2. The van der Waals surface area contributed by atoms with Crippen LogP contribution < -0.4 is 15.8 Å². The summed E-state index contributed by atoms with van der Waals surface area (Å²) in [4.78, 5) is 18.9. The number of carbonyl (C=O) groups excluding carboxylic acids is 1. The average Bonchev–Trinajstić information content (AvgIpc) is 3.27. The van der Waals surface area contributed by atoms with Gasteiger partial charge in [-0.3, -0.25) is 9.79 Å². The summed E-state index contributed by atoms with van der Waals surface area (Å²) in [5.41, 5.74) is 7.77. The van der Waals surface area contributed by atoms with Crippen LogP contribution in [0.5, 0.6) is 5.75 Å². The van der Waals surface area contributed by atoms with Gasteiger partial charge in [0.1, 0.15) is 11.6 Å². The number of ether oxygens (including phenoxy) is 1. The Morgan fingerprint density at radius 1 is 1.26 bits per heavy atom. The van der Waals surface area contributed by atoms with Crippen molar-refractivity contribution in [3.63, 3.8) is 0 Å². The first-order valence-corrected chi connectivity index (χ1v) is 10.7. The number of hydrogen-bond donors (Lipinski definition) is 2. The fourth-order valence-electron chi connectivity index (χ4n) is 3.88. The van der Waals surface area contributed by atoms with E-state index in [0.29, 0.717) is 18.9 Å². The molecule has 0 aromatic heterocycles. The monoisotopic (exact) mass is 426 g/mol. The zero-order chi connectivity index (χ0) is 22.2. The molecular weight excluding hydrogens is 395 g/mol. The van der Waals surface area contributed by atoms with Crippen molar-refractivity contribution >= 4 is 11.9 Å². The first kappa shape index (κ1) is 22.6. The third-order valence-corrected chi connectivity index (χ3v) is 5.67. The molecule has 0 bridgehead atoms. The second-order valence-electron chi connectivity index (χ2n) is 7.83. The Balaban J connectivity index is 1.66. The van der Waals surface area contributed by atoms with Gasteiger partial charge in [-0.25, -0.2) is 4.39 Å². The maximum atomic E-state index is 13.2. The topological polar surface area (TPSA) is 79.9 Å². The van der Waals surface area contributed by atoms with E-state index in [-0.39, 0.29) is 5.82 Å². The molecular formula is C24H31FN4O2. The lowest BCUT2D eigenvalue weighted by molar-refractivity contribution is -0.121. The molecule has 0 radical (unpaired) electrons. The van der Waals surface area contributed by atoms with Crippen LogP contribution in [0.4, 0.5) is 4.39 Å². The smallest absolute Gasteiger partial charge is 0.222 e. The largest absolute Gasteiger partial charge is 0.497 e. The molecule has 2 atom stereocenters. The highest BCUT2D eigenvalue weighted by molar-refractivity contribution is 5.81. The molecule has 2 aromatic carbocycles. The molecule has 7 heteroatoms. The van der Waals surface area contributed by atoms with Crippen LogP contribution in [0.15, 0.2) is 53.5 Å². The molecule has 1 saturated heterocycles. The van der Waals surface area contributed by atoms with Crippen LogP contribution in [0.1, 0.15) is 30.4 Å². The number of nitrogens with two attached hydrogens (primary N) is 1. The van der Waals surface area contributed by atoms with Gasteiger partial charge in [0.15, 0.2) is 5.96 Å². The quantitative estimate of drug-likeness (QED) is 0.502. The normalized spacial score (nSPS) is 17.5. The van der Waals surface area contributed by atoms with Crippen molar-refractivity contribution in [2.45, 2.75) is 25.7 Å². The number of halogens is 1. The zero-order valence-electron chi connectivity index (χ0n) is 18.2. The van der Waals surface area contributed by atoms with Crippen molar-refractivity contribution in [3.05, 3.63) is 65.5 Å². The standard InChI is InChI=1S/C24H31FN4O2/c1-3-27-24(28-15-20(23(26)30)14-17-4-8-21(25)9-5-17)29-13-12-19(16-29)18-6-10-22(31-2)11-7-18/h4-11,19-20H,3,12-16H2,1-2H3,(H2,26,30)(H,27,28). The fraction of sp³-hybridized carbons (Fsp3) is 0.417. The Morgan fingerprint density at radius 2 is 1.97 bits per heavy atom. The molecule has 166 valence electrons. The summed E-state index contributed by atoms with van der Waals surface area (Å²) < 4.78 is 18.4. The SMILES string of the molecule is CCNC(=NCC(Cc1ccc(F)cc1)C(N)=O)N1CCC(c2ccc(OC)cc2)C1. The van der Waals surface area contributed by atoms with Gasteiger partial charge in [0, 0.05) is 25.6 Å². The van der Waals surface area contributed by atoms with Crippen LogP contribution in [0.2, 0.25) is 0 Å². The molecule has 6 nitrogen and oxygen atoms in total. The second kappa shape index (κ2) is 10.8. The van der Waals surface area contributed by atoms with E-state index in [4.69, 9.17) is 15.5 Å². The van der Waals surface area contributed by atoms with Crippen molar-refractivity contribution < 1.29 is 13.9 Å². The minimum atomic E-state index is -0.445. The van der Waals surface area contributed by atoms with E-state index in [1.165, 1.54) is 17.7 Å². The lowest BCUT2D eigenvalue weighted by Gasteiger charge is -2.22. The lowest BCUT2D eigenvalue weighted by atomic mass is 9.98. The Hall–Kier alpha value is -3.09. The number of rotatable bonds is 8. The number of methoxy groups -OCH3 is 1. The molecule has 1 amide bonds. The summed E-state index contributed by atoms with van der Waals surface area (Å²) in [7, 11) is 1.67. The van der Waals surface area contributed by atoms with Crippen LogP contribution in [0.25, 0.3) is 0 Å². The Labute approximate surface area is 183 Å². The predicted octanol–water partition coefficient (Wildman–Crippen LogP) is 2.93. The van der Waals surface area contributed by atoms with E-state index in [1.54, 1.807) is 19.2 Å². The minimum Gasteiger partial charge on any atom is -0.497 e. The highest BCUT2D eigenvalue weighted by Gasteiger charge is 2.26. The number of carbonyl (C=O) groups is 1. The maximum Gasteiger partial charge on any atom is 0.222 e. The van der Waals surface area contributed by atoms with E-state index in [0.717, 1.165) is 43.3 Å². The molecule has 31 heavy (non-hydrogen) atoms. The molecule has 1 aliphatic rings. The van der Waals surface area contributed by atoms with Gasteiger partial charge in [0.05, 0.1) is 19.6 Å². The third-order valence-electron chi connectivity index (χ3n) is 5.67. The molecule has 3 N–H and O–H groups in total. The van der Waals surface area contributed by atoms with Crippen molar-refractivity contribution in [2.24, 2.45) is 16.6 Å². The van der Waals surface area contributed by atoms with Gasteiger partial charge in [-0.2, -0.15) is 0 Å². The number of primary amides is 1. The third kappa shape index (κ3) is 6.20. The summed E-state index contributed by atoms with van der Waals surface area (Å²) in [6.07, 6.45) is 1.47. The van der Waals surface area contributed by atoms with Crippen LogP contribution in [-0.2, 0) is 11.2 Å². The minimum absolute atomic E-state index is 0.290. The van der Waals surface area contributed by atoms with Gasteiger partial charge in [0.2, 0.25) is 5.91 Å². The van der Waals surface area contributed by atoms with E-state index >= 15 is 0 Å². The summed E-state index contributed by atoms with van der Waals surface area (Å²) in [5, 5.41) is 3.33. The number of likely N-dealkylation sites (tertiary alicyclic amines) is 1. The van der Waals surface area contributed by atoms with Crippen LogP contribution >= 0.6 is 0 Å². The molecule has 2 unspecified atom stereocenters. The Morgan fingerprint density at radius 3 is 2.58 bits per heavy atom. The Bertz CT molecular complexity index is 883. The van der Waals surface area contributed by atoms with Crippen molar-refractivity contribution in [2.75, 3.05) is 33.3 Å². The number of amides is 1. The van der Waals surface area contributed by atoms with Gasteiger partial charge in [-0.15, -0.1) is 0 Å².